The average Bonchev–Trinajstić information content (AvgIpc) is 2.38. The van der Waals surface area contributed by atoms with Gasteiger partial charge >= 0.3 is 0 Å². The van der Waals surface area contributed by atoms with Crippen LogP contribution in [0.3, 0.4) is 0 Å². The predicted octanol–water partition coefficient (Wildman–Crippen LogP) is -0.880. The SMILES string of the molecule is CC(C)C[C@@H]([NH3+])C(=O)N[C@H](Cc1ccccc1)C(=O)[O-]. The van der Waals surface area contributed by atoms with Crippen molar-refractivity contribution in [2.24, 2.45) is 5.92 Å². The lowest BCUT2D eigenvalue weighted by atomic mass is 10.0. The summed E-state index contributed by atoms with van der Waals surface area (Å²) < 4.78 is 0. The molecule has 0 heterocycles. The van der Waals surface area contributed by atoms with E-state index in [1.165, 1.54) is 0 Å². The second-order valence-electron chi connectivity index (χ2n) is 5.40. The highest BCUT2D eigenvalue weighted by Gasteiger charge is 2.22. The molecule has 2 atom stereocenters. The van der Waals surface area contributed by atoms with Gasteiger partial charge in [0.2, 0.25) is 0 Å². The van der Waals surface area contributed by atoms with E-state index < -0.39 is 18.1 Å². The summed E-state index contributed by atoms with van der Waals surface area (Å²) in [5, 5.41) is 13.6. The first kappa shape index (κ1) is 16.2. The normalized spacial score (nSPS) is 13.8. The summed E-state index contributed by atoms with van der Waals surface area (Å²) in [6.07, 6.45) is 0.834. The van der Waals surface area contributed by atoms with E-state index in [0.29, 0.717) is 12.3 Å². The Kier molecular flexibility index (Phi) is 6.18. The number of carbonyl (C=O) groups is 2. The van der Waals surface area contributed by atoms with Gasteiger partial charge in [-0.05, 0) is 17.9 Å². The Bertz CT molecular complexity index is 446. The summed E-state index contributed by atoms with van der Waals surface area (Å²) in [7, 11) is 0. The van der Waals surface area contributed by atoms with Crippen molar-refractivity contribution >= 4 is 11.9 Å². The molecule has 4 N–H and O–H groups in total. The van der Waals surface area contributed by atoms with Gasteiger partial charge < -0.3 is 21.0 Å². The highest BCUT2D eigenvalue weighted by molar-refractivity contribution is 5.85. The molecule has 0 bridgehead atoms. The number of hydrogen-bond donors (Lipinski definition) is 2. The number of aliphatic carboxylic acids is 1. The summed E-state index contributed by atoms with van der Waals surface area (Å²) in [6.45, 7) is 3.98. The Labute approximate surface area is 119 Å². The molecule has 0 aromatic heterocycles. The van der Waals surface area contributed by atoms with Crippen molar-refractivity contribution in [3.8, 4) is 0 Å². The van der Waals surface area contributed by atoms with Gasteiger partial charge in [-0.3, -0.25) is 4.79 Å². The van der Waals surface area contributed by atoms with Gasteiger partial charge in [-0.15, -0.1) is 0 Å². The Morgan fingerprint density at radius 2 is 1.85 bits per heavy atom. The van der Waals surface area contributed by atoms with E-state index in [4.69, 9.17) is 0 Å². The Balaban J connectivity index is 2.64. The largest absolute Gasteiger partial charge is 0.548 e. The lowest BCUT2D eigenvalue weighted by Crippen LogP contribution is -2.69. The van der Waals surface area contributed by atoms with Gasteiger partial charge in [-0.1, -0.05) is 44.2 Å². The van der Waals surface area contributed by atoms with Crippen LogP contribution in [-0.4, -0.2) is 24.0 Å². The molecule has 1 aromatic carbocycles. The number of quaternary nitrogens is 1. The first-order valence-corrected chi connectivity index (χ1v) is 6.78. The number of hydrogen-bond acceptors (Lipinski definition) is 3. The standard InChI is InChI=1S/C15H22N2O3/c1-10(2)8-12(16)14(18)17-13(15(19)20)9-11-6-4-3-5-7-11/h3-7,10,12-13H,8-9,16H2,1-2H3,(H,17,18)(H,19,20)/t12-,13-/m1/s1. The fraction of sp³-hybridized carbons (Fsp3) is 0.467. The van der Waals surface area contributed by atoms with E-state index in [1.807, 2.05) is 44.2 Å². The van der Waals surface area contributed by atoms with Crippen LogP contribution in [0.15, 0.2) is 30.3 Å². The maximum Gasteiger partial charge on any atom is 0.278 e. The molecule has 110 valence electrons. The highest BCUT2D eigenvalue weighted by Crippen LogP contribution is 2.05. The molecule has 0 spiro atoms. The minimum absolute atomic E-state index is 0.212. The lowest BCUT2D eigenvalue weighted by Gasteiger charge is -2.21. The summed E-state index contributed by atoms with van der Waals surface area (Å²) in [5.74, 6) is -1.29. The van der Waals surface area contributed by atoms with Crippen LogP contribution in [0, 0.1) is 5.92 Å². The van der Waals surface area contributed by atoms with Crippen molar-refractivity contribution in [3.05, 3.63) is 35.9 Å². The monoisotopic (exact) mass is 278 g/mol. The Morgan fingerprint density at radius 3 is 2.35 bits per heavy atom. The van der Waals surface area contributed by atoms with Gasteiger partial charge in [0.15, 0.2) is 6.04 Å². The number of carbonyl (C=O) groups excluding carboxylic acids is 2. The van der Waals surface area contributed by atoms with Crippen LogP contribution in [0.1, 0.15) is 25.8 Å². The lowest BCUT2D eigenvalue weighted by molar-refractivity contribution is -0.406. The number of carboxylic acids is 1. The molecule has 0 aliphatic rings. The molecule has 5 heteroatoms. The topological polar surface area (TPSA) is 96.9 Å². The van der Waals surface area contributed by atoms with Crippen molar-refractivity contribution in [1.29, 1.82) is 0 Å². The zero-order valence-corrected chi connectivity index (χ0v) is 12.0. The summed E-state index contributed by atoms with van der Waals surface area (Å²) in [5.41, 5.74) is 4.61. The fourth-order valence-electron chi connectivity index (χ4n) is 2.01. The minimum atomic E-state index is -1.28. The molecular weight excluding hydrogens is 256 g/mol. The van der Waals surface area contributed by atoms with Gasteiger partial charge in [0, 0.05) is 6.42 Å². The van der Waals surface area contributed by atoms with Crippen molar-refractivity contribution < 1.29 is 20.4 Å². The smallest absolute Gasteiger partial charge is 0.278 e. The molecule has 0 saturated carbocycles. The van der Waals surface area contributed by atoms with Crippen LogP contribution in [0.2, 0.25) is 0 Å². The third kappa shape index (κ3) is 5.40. The fourth-order valence-corrected chi connectivity index (χ4v) is 2.01. The summed E-state index contributed by atoms with van der Waals surface area (Å²) in [6, 6.07) is 7.66. The highest BCUT2D eigenvalue weighted by atomic mass is 16.4. The van der Waals surface area contributed by atoms with Crippen LogP contribution in [-0.2, 0) is 16.0 Å². The Morgan fingerprint density at radius 1 is 1.25 bits per heavy atom. The molecule has 20 heavy (non-hydrogen) atoms. The summed E-state index contributed by atoms with van der Waals surface area (Å²) in [4.78, 5) is 23.1. The third-order valence-electron chi connectivity index (χ3n) is 3.01. The van der Waals surface area contributed by atoms with Gasteiger partial charge in [-0.2, -0.15) is 0 Å². The molecule has 5 nitrogen and oxygen atoms in total. The number of benzene rings is 1. The maximum absolute atomic E-state index is 11.9. The first-order valence-electron chi connectivity index (χ1n) is 6.78. The van der Waals surface area contributed by atoms with E-state index in [0.717, 1.165) is 5.56 Å². The van der Waals surface area contributed by atoms with Crippen LogP contribution in [0.4, 0.5) is 0 Å². The summed E-state index contributed by atoms with van der Waals surface area (Å²) >= 11 is 0. The zero-order chi connectivity index (χ0) is 15.1. The second kappa shape index (κ2) is 7.65. The first-order chi connectivity index (χ1) is 9.40. The Hall–Kier alpha value is -1.88. The quantitative estimate of drug-likeness (QED) is 0.678. The van der Waals surface area contributed by atoms with Crippen LogP contribution in [0.25, 0.3) is 0 Å². The van der Waals surface area contributed by atoms with Crippen molar-refractivity contribution in [2.75, 3.05) is 0 Å². The molecule has 0 aliphatic heterocycles. The van der Waals surface area contributed by atoms with Crippen LogP contribution >= 0.6 is 0 Å². The van der Waals surface area contributed by atoms with Crippen molar-refractivity contribution in [1.82, 2.24) is 5.32 Å². The number of amides is 1. The minimum Gasteiger partial charge on any atom is -0.548 e. The zero-order valence-electron chi connectivity index (χ0n) is 12.0. The molecule has 1 amide bonds. The van der Waals surface area contributed by atoms with Gasteiger partial charge in [0.25, 0.3) is 5.91 Å². The van der Waals surface area contributed by atoms with E-state index in [2.05, 4.69) is 11.1 Å². The number of carboxylic acid groups (broad SMARTS) is 1. The van der Waals surface area contributed by atoms with Crippen LogP contribution < -0.4 is 16.2 Å². The van der Waals surface area contributed by atoms with Crippen molar-refractivity contribution in [2.45, 2.75) is 38.8 Å². The molecule has 0 aliphatic carbocycles. The van der Waals surface area contributed by atoms with E-state index in [-0.39, 0.29) is 12.3 Å². The molecule has 1 rings (SSSR count). The molecule has 0 fully saturated rings. The number of rotatable bonds is 7. The molecule has 0 saturated heterocycles. The predicted molar refractivity (Wildman–Crippen MR) is 73.2 cm³/mol. The van der Waals surface area contributed by atoms with Gasteiger partial charge in [0.1, 0.15) is 0 Å². The molecule has 0 unspecified atom stereocenters. The van der Waals surface area contributed by atoms with Crippen molar-refractivity contribution in [3.63, 3.8) is 0 Å². The van der Waals surface area contributed by atoms with E-state index in [9.17, 15) is 14.7 Å². The van der Waals surface area contributed by atoms with Gasteiger partial charge in [0.05, 0.1) is 12.0 Å². The van der Waals surface area contributed by atoms with Gasteiger partial charge in [-0.25, -0.2) is 0 Å². The van der Waals surface area contributed by atoms with E-state index in [1.54, 1.807) is 0 Å². The number of nitrogens with one attached hydrogen (secondary N) is 1. The average molecular weight is 278 g/mol. The van der Waals surface area contributed by atoms with Crippen LogP contribution in [0.5, 0.6) is 0 Å². The third-order valence-corrected chi connectivity index (χ3v) is 3.01. The molecule has 0 radical (unpaired) electrons. The maximum atomic E-state index is 11.9. The molecular formula is C15H22N2O3. The second-order valence-corrected chi connectivity index (χ2v) is 5.40. The van der Waals surface area contributed by atoms with E-state index >= 15 is 0 Å². The molecule has 1 aromatic rings.